The van der Waals surface area contributed by atoms with E-state index in [9.17, 15) is 0 Å². The van der Waals surface area contributed by atoms with Gasteiger partial charge < -0.3 is 10.5 Å². The molecule has 4 heteroatoms. The van der Waals surface area contributed by atoms with Gasteiger partial charge in [0, 0.05) is 44.4 Å². The number of nitrogens with zero attached hydrogens (tertiary/aromatic N) is 2. The first-order valence-electron chi connectivity index (χ1n) is 7.46. The zero-order valence-electron chi connectivity index (χ0n) is 12.2. The van der Waals surface area contributed by atoms with E-state index in [1.165, 1.54) is 6.54 Å². The molecule has 0 amide bonds. The summed E-state index contributed by atoms with van der Waals surface area (Å²) in [6, 6.07) is 0.651. The van der Waals surface area contributed by atoms with Gasteiger partial charge in [-0.1, -0.05) is 6.92 Å². The van der Waals surface area contributed by atoms with Crippen LogP contribution in [0.4, 0.5) is 0 Å². The third kappa shape index (κ3) is 2.57. The number of nitrogens with two attached hydrogens (primary N) is 1. The van der Waals surface area contributed by atoms with Crippen molar-refractivity contribution in [2.24, 2.45) is 5.73 Å². The molecule has 18 heavy (non-hydrogen) atoms. The molecule has 0 aromatic carbocycles. The number of hydrogen-bond acceptors (Lipinski definition) is 4. The molecular weight excluding hydrogens is 226 g/mol. The van der Waals surface area contributed by atoms with Crippen LogP contribution in [0.3, 0.4) is 0 Å². The molecule has 106 valence electrons. The van der Waals surface area contributed by atoms with Gasteiger partial charge in [0.15, 0.2) is 0 Å². The van der Waals surface area contributed by atoms with Crippen molar-refractivity contribution in [1.82, 2.24) is 9.80 Å². The monoisotopic (exact) mass is 255 g/mol. The van der Waals surface area contributed by atoms with Gasteiger partial charge in [0.1, 0.15) is 0 Å². The molecule has 0 aromatic heterocycles. The van der Waals surface area contributed by atoms with E-state index >= 15 is 0 Å². The predicted octanol–water partition coefficient (Wildman–Crippen LogP) is 0.909. The normalized spacial score (nSPS) is 38.7. The number of ether oxygens (including phenoxy) is 1. The lowest BCUT2D eigenvalue weighted by Crippen LogP contribution is -2.68. The Bertz CT molecular complexity index is 266. The Balaban J connectivity index is 1.91. The minimum absolute atomic E-state index is 0.230. The second kappa shape index (κ2) is 5.87. The quantitative estimate of drug-likeness (QED) is 0.793. The largest absolute Gasteiger partial charge is 0.378 e. The Hall–Kier alpha value is -0.160. The Morgan fingerprint density at radius 2 is 2.00 bits per heavy atom. The maximum Gasteiger partial charge on any atom is 0.0611 e. The highest BCUT2D eigenvalue weighted by molar-refractivity contribution is 5.06. The third-order valence-electron chi connectivity index (χ3n) is 4.84. The summed E-state index contributed by atoms with van der Waals surface area (Å²) in [5.41, 5.74) is 6.29. The highest BCUT2D eigenvalue weighted by Gasteiger charge is 2.49. The van der Waals surface area contributed by atoms with Gasteiger partial charge in [-0.15, -0.1) is 0 Å². The number of rotatable bonds is 5. The fourth-order valence-electron chi connectivity index (χ4n) is 3.59. The van der Waals surface area contributed by atoms with Gasteiger partial charge in [-0.25, -0.2) is 0 Å². The molecule has 0 bridgehead atoms. The lowest BCUT2D eigenvalue weighted by atomic mass is 9.72. The standard InChI is InChI=1S/C14H29N3O/c1-4-16-6-7-17(10-12(16)3)14(11-15)8-13(9-14)18-5-2/h12-13H,4-11,15H2,1-3H3. The maximum atomic E-state index is 6.06. The SMILES string of the molecule is CCOC1CC(CN)(N2CCN(CC)C(C)C2)C1. The topological polar surface area (TPSA) is 41.7 Å². The molecule has 1 aliphatic heterocycles. The van der Waals surface area contributed by atoms with E-state index in [0.717, 1.165) is 45.6 Å². The molecule has 4 nitrogen and oxygen atoms in total. The molecule has 1 atom stereocenters. The predicted molar refractivity (Wildman–Crippen MR) is 74.7 cm³/mol. The summed E-state index contributed by atoms with van der Waals surface area (Å²) in [4.78, 5) is 5.18. The summed E-state index contributed by atoms with van der Waals surface area (Å²) in [5, 5.41) is 0. The van der Waals surface area contributed by atoms with E-state index in [0.29, 0.717) is 12.1 Å². The van der Waals surface area contributed by atoms with E-state index in [2.05, 4.69) is 30.6 Å². The van der Waals surface area contributed by atoms with Crippen LogP contribution in [0.1, 0.15) is 33.6 Å². The summed E-state index contributed by atoms with van der Waals surface area (Å²) in [5.74, 6) is 0. The molecular formula is C14H29N3O. The van der Waals surface area contributed by atoms with Gasteiger partial charge in [-0.05, 0) is 33.2 Å². The van der Waals surface area contributed by atoms with Gasteiger partial charge in [-0.2, -0.15) is 0 Å². The second-order valence-electron chi connectivity index (χ2n) is 5.84. The van der Waals surface area contributed by atoms with Crippen molar-refractivity contribution in [3.8, 4) is 0 Å². The van der Waals surface area contributed by atoms with Crippen molar-refractivity contribution in [2.75, 3.05) is 39.3 Å². The second-order valence-corrected chi connectivity index (χ2v) is 5.84. The Morgan fingerprint density at radius 1 is 1.28 bits per heavy atom. The van der Waals surface area contributed by atoms with Crippen LogP contribution in [0.15, 0.2) is 0 Å². The summed E-state index contributed by atoms with van der Waals surface area (Å²) >= 11 is 0. The van der Waals surface area contributed by atoms with Crippen molar-refractivity contribution < 1.29 is 4.74 Å². The van der Waals surface area contributed by atoms with Crippen molar-refractivity contribution in [2.45, 2.75) is 51.3 Å². The van der Waals surface area contributed by atoms with E-state index in [4.69, 9.17) is 10.5 Å². The van der Waals surface area contributed by atoms with Crippen LogP contribution in [0, 0.1) is 0 Å². The lowest BCUT2D eigenvalue weighted by molar-refractivity contribution is -0.116. The van der Waals surface area contributed by atoms with Crippen LogP contribution < -0.4 is 5.73 Å². The minimum atomic E-state index is 0.230. The molecule has 1 aliphatic carbocycles. The van der Waals surface area contributed by atoms with Crippen LogP contribution in [0.5, 0.6) is 0 Å². The third-order valence-corrected chi connectivity index (χ3v) is 4.84. The van der Waals surface area contributed by atoms with Gasteiger partial charge in [0.2, 0.25) is 0 Å². The number of hydrogen-bond donors (Lipinski definition) is 1. The van der Waals surface area contributed by atoms with Crippen molar-refractivity contribution >= 4 is 0 Å². The molecule has 1 heterocycles. The van der Waals surface area contributed by atoms with Crippen LogP contribution in [0.2, 0.25) is 0 Å². The average Bonchev–Trinajstić information content (AvgIpc) is 2.33. The molecule has 1 saturated carbocycles. The zero-order chi connectivity index (χ0) is 13.2. The van der Waals surface area contributed by atoms with Gasteiger partial charge in [-0.3, -0.25) is 9.80 Å². The fourth-order valence-corrected chi connectivity index (χ4v) is 3.59. The van der Waals surface area contributed by atoms with Crippen LogP contribution in [0.25, 0.3) is 0 Å². The van der Waals surface area contributed by atoms with Crippen LogP contribution in [-0.4, -0.2) is 66.8 Å². The van der Waals surface area contributed by atoms with Gasteiger partial charge >= 0.3 is 0 Å². The molecule has 2 N–H and O–H groups in total. The summed E-state index contributed by atoms with van der Waals surface area (Å²) in [6.45, 7) is 12.9. The first-order valence-corrected chi connectivity index (χ1v) is 7.46. The smallest absolute Gasteiger partial charge is 0.0611 e. The zero-order valence-corrected chi connectivity index (χ0v) is 12.2. The summed E-state index contributed by atoms with van der Waals surface area (Å²) in [7, 11) is 0. The van der Waals surface area contributed by atoms with Gasteiger partial charge in [0.25, 0.3) is 0 Å². The maximum absolute atomic E-state index is 6.06. The Morgan fingerprint density at radius 3 is 2.50 bits per heavy atom. The van der Waals surface area contributed by atoms with Crippen molar-refractivity contribution in [1.29, 1.82) is 0 Å². The minimum Gasteiger partial charge on any atom is -0.378 e. The molecule has 2 fully saturated rings. The molecule has 1 saturated heterocycles. The first kappa shape index (κ1) is 14.3. The fraction of sp³-hybridized carbons (Fsp3) is 1.00. The van der Waals surface area contributed by atoms with Gasteiger partial charge in [0.05, 0.1) is 6.10 Å². The molecule has 2 aliphatic rings. The molecule has 0 aromatic rings. The molecule has 1 unspecified atom stereocenters. The molecule has 0 radical (unpaired) electrons. The van der Waals surface area contributed by atoms with Crippen LogP contribution >= 0.6 is 0 Å². The van der Waals surface area contributed by atoms with Crippen LogP contribution in [-0.2, 0) is 4.74 Å². The Kier molecular flexibility index (Phi) is 4.64. The highest BCUT2D eigenvalue weighted by atomic mass is 16.5. The summed E-state index contributed by atoms with van der Waals surface area (Å²) in [6.07, 6.45) is 2.69. The Labute approximate surface area is 111 Å². The molecule has 2 rings (SSSR count). The number of likely N-dealkylation sites (N-methyl/N-ethyl adjacent to an activating group) is 1. The van der Waals surface area contributed by atoms with E-state index in [1.54, 1.807) is 0 Å². The summed E-state index contributed by atoms with van der Waals surface area (Å²) < 4.78 is 5.70. The first-order chi connectivity index (χ1) is 8.65. The number of piperazine rings is 1. The van der Waals surface area contributed by atoms with E-state index in [1.807, 2.05) is 0 Å². The van der Waals surface area contributed by atoms with Crippen molar-refractivity contribution in [3.05, 3.63) is 0 Å². The molecule has 0 spiro atoms. The van der Waals surface area contributed by atoms with E-state index < -0.39 is 0 Å². The van der Waals surface area contributed by atoms with Crippen molar-refractivity contribution in [3.63, 3.8) is 0 Å². The highest BCUT2D eigenvalue weighted by Crippen LogP contribution is 2.40. The average molecular weight is 255 g/mol. The van der Waals surface area contributed by atoms with E-state index in [-0.39, 0.29) is 5.54 Å². The lowest BCUT2D eigenvalue weighted by Gasteiger charge is -2.56.